The average Bonchev–Trinajstić information content (AvgIpc) is 3.42. The van der Waals surface area contributed by atoms with E-state index in [1.54, 1.807) is 30.3 Å². The highest BCUT2D eigenvalue weighted by molar-refractivity contribution is 5.78. The first-order valence-electron chi connectivity index (χ1n) is 15.3. The summed E-state index contributed by atoms with van der Waals surface area (Å²) in [6, 6.07) is 8.94. The Bertz CT molecular complexity index is 1380. The molecule has 3 aromatic rings. The Kier molecular flexibility index (Phi) is 9.29. The highest BCUT2D eigenvalue weighted by Crippen LogP contribution is 2.31. The van der Waals surface area contributed by atoms with Gasteiger partial charge >= 0.3 is 0 Å². The van der Waals surface area contributed by atoms with Crippen LogP contribution in [0.2, 0.25) is 0 Å². The first-order chi connectivity index (χ1) is 20.9. The Labute approximate surface area is 249 Å². The molecule has 1 amide bonds. The van der Waals surface area contributed by atoms with Crippen molar-refractivity contribution in [2.45, 2.75) is 82.1 Å². The summed E-state index contributed by atoms with van der Waals surface area (Å²) in [6.45, 7) is 2.48. The van der Waals surface area contributed by atoms with E-state index in [1.165, 1.54) is 4.57 Å². The molecule has 2 aliphatic carbocycles. The normalized spacial score (nSPS) is 24.8. The van der Waals surface area contributed by atoms with Crippen molar-refractivity contribution in [1.82, 2.24) is 30.2 Å². The van der Waals surface area contributed by atoms with Crippen LogP contribution in [0, 0.1) is 0 Å². The molecule has 2 aromatic heterocycles. The Hall–Kier alpha value is -3.42. The van der Waals surface area contributed by atoms with Gasteiger partial charge in [-0.1, -0.05) is 12.1 Å². The van der Waals surface area contributed by atoms with Crippen molar-refractivity contribution in [3.8, 4) is 11.7 Å². The third-order valence-corrected chi connectivity index (χ3v) is 8.56. The van der Waals surface area contributed by atoms with Crippen molar-refractivity contribution in [2.75, 3.05) is 37.7 Å². The zero-order valence-electron chi connectivity index (χ0n) is 24.1. The van der Waals surface area contributed by atoms with Crippen molar-refractivity contribution >= 4 is 22.9 Å². The molecule has 11 nitrogen and oxygen atoms in total. The third kappa shape index (κ3) is 7.22. The first kappa shape index (κ1) is 29.6. The lowest BCUT2D eigenvalue weighted by atomic mass is 9.92. The number of alkyl halides is 2. The van der Waals surface area contributed by atoms with E-state index in [2.05, 4.69) is 25.6 Å². The molecule has 3 N–H and O–H groups in total. The predicted molar refractivity (Wildman–Crippen MR) is 156 cm³/mol. The zero-order valence-corrected chi connectivity index (χ0v) is 24.1. The van der Waals surface area contributed by atoms with Crippen LogP contribution in [0.25, 0.3) is 16.9 Å². The molecule has 1 aliphatic heterocycles. The smallest absolute Gasteiger partial charge is 0.296 e. The molecule has 0 atom stereocenters. The maximum atomic E-state index is 14.1. The molecule has 0 unspecified atom stereocenters. The standard InChI is InChI=1S/C30H39F2N7O4/c31-28(32)29-35-23-3-1-2-4-24(23)39(29)25-17-27(37-30(36-25)38-13-15-42-16-14-38)43-22-11-7-20(8-12-22)34-26(41)18-33-19-5-9-21(40)10-6-19/h1-4,17,19-22,28,33,40H,5-16,18H2,(H,34,41)/t19-,20-,21-,22-. The minimum atomic E-state index is -2.80. The van der Waals surface area contributed by atoms with Gasteiger partial charge in [0, 0.05) is 31.2 Å². The van der Waals surface area contributed by atoms with Crippen LogP contribution in [0.15, 0.2) is 30.3 Å². The zero-order chi connectivity index (χ0) is 29.8. The fourth-order valence-electron chi connectivity index (χ4n) is 6.20. The highest BCUT2D eigenvalue weighted by Gasteiger charge is 2.27. The number of para-hydroxylation sites is 2. The number of halogens is 2. The molecule has 6 rings (SSSR count). The van der Waals surface area contributed by atoms with Crippen molar-refractivity contribution in [3.05, 3.63) is 36.2 Å². The number of carbonyl (C=O) groups is 1. The van der Waals surface area contributed by atoms with E-state index in [9.17, 15) is 18.7 Å². The summed E-state index contributed by atoms with van der Waals surface area (Å²) in [5.41, 5.74) is 0.988. The summed E-state index contributed by atoms with van der Waals surface area (Å²) in [4.78, 5) is 28.1. The summed E-state index contributed by atoms with van der Waals surface area (Å²) >= 11 is 0. The lowest BCUT2D eigenvalue weighted by molar-refractivity contribution is -0.121. The number of anilines is 1. The van der Waals surface area contributed by atoms with E-state index < -0.39 is 6.43 Å². The predicted octanol–water partition coefficient (Wildman–Crippen LogP) is 3.29. The van der Waals surface area contributed by atoms with Crippen molar-refractivity contribution < 1.29 is 28.2 Å². The molecule has 13 heteroatoms. The number of aromatic nitrogens is 4. The Morgan fingerprint density at radius 2 is 1.72 bits per heavy atom. The van der Waals surface area contributed by atoms with Gasteiger partial charge in [-0.3, -0.25) is 9.36 Å². The minimum absolute atomic E-state index is 0.0199. The molecule has 0 radical (unpaired) electrons. The summed E-state index contributed by atoms with van der Waals surface area (Å²) in [5.74, 6) is 0.587. The molecule has 43 heavy (non-hydrogen) atoms. The van der Waals surface area contributed by atoms with Crippen LogP contribution in [-0.4, -0.2) is 87.7 Å². The number of hydrogen-bond donors (Lipinski definition) is 3. The molecule has 2 saturated carbocycles. The highest BCUT2D eigenvalue weighted by atomic mass is 19.3. The monoisotopic (exact) mass is 599 g/mol. The van der Waals surface area contributed by atoms with Gasteiger partial charge in [0.25, 0.3) is 6.43 Å². The van der Waals surface area contributed by atoms with Gasteiger partial charge in [-0.2, -0.15) is 9.97 Å². The largest absolute Gasteiger partial charge is 0.474 e. The van der Waals surface area contributed by atoms with Crippen LogP contribution in [0.5, 0.6) is 5.88 Å². The fraction of sp³-hybridized carbons (Fsp3) is 0.600. The number of morpholine rings is 1. The number of benzene rings is 1. The second-order valence-corrected chi connectivity index (χ2v) is 11.6. The Balaban J connectivity index is 1.13. The molecule has 232 valence electrons. The van der Waals surface area contributed by atoms with E-state index in [4.69, 9.17) is 9.47 Å². The topological polar surface area (TPSA) is 127 Å². The van der Waals surface area contributed by atoms with Crippen molar-refractivity contribution in [1.29, 1.82) is 0 Å². The number of imidazole rings is 1. The second-order valence-electron chi connectivity index (χ2n) is 11.6. The molecular formula is C30H39F2N7O4. The van der Waals surface area contributed by atoms with Gasteiger partial charge in [-0.25, -0.2) is 13.8 Å². The van der Waals surface area contributed by atoms with E-state index in [0.717, 1.165) is 51.4 Å². The minimum Gasteiger partial charge on any atom is -0.474 e. The maximum absolute atomic E-state index is 14.1. The fourth-order valence-corrected chi connectivity index (χ4v) is 6.20. The van der Waals surface area contributed by atoms with Gasteiger partial charge < -0.3 is 30.1 Å². The molecular weight excluding hydrogens is 560 g/mol. The number of carbonyl (C=O) groups excluding carboxylic acids is 1. The van der Waals surface area contributed by atoms with Crippen LogP contribution in [0.3, 0.4) is 0 Å². The van der Waals surface area contributed by atoms with Crippen LogP contribution < -0.4 is 20.3 Å². The van der Waals surface area contributed by atoms with Gasteiger partial charge in [0.05, 0.1) is 36.9 Å². The third-order valence-electron chi connectivity index (χ3n) is 8.56. The first-order valence-corrected chi connectivity index (χ1v) is 15.3. The SMILES string of the molecule is O=C(CN[C@H]1CC[C@H](O)CC1)N[C@H]1CC[C@H](Oc2cc(-n3c(C(F)F)nc4ccccc43)nc(N3CCOCC3)n2)CC1. The number of nitrogens with one attached hydrogen (secondary N) is 2. The van der Waals surface area contributed by atoms with E-state index in [-0.39, 0.29) is 48.4 Å². The summed E-state index contributed by atoms with van der Waals surface area (Å²) in [5, 5.41) is 16.1. The molecule has 0 spiro atoms. The molecule has 1 aromatic carbocycles. The van der Waals surface area contributed by atoms with Crippen LogP contribution in [0.4, 0.5) is 14.7 Å². The number of nitrogens with zero attached hydrogens (tertiary/aromatic N) is 5. The molecule has 0 bridgehead atoms. The summed E-state index contributed by atoms with van der Waals surface area (Å²) < 4.78 is 41.5. The lowest BCUT2D eigenvalue weighted by Gasteiger charge is -2.31. The van der Waals surface area contributed by atoms with E-state index in [0.29, 0.717) is 49.2 Å². The summed E-state index contributed by atoms with van der Waals surface area (Å²) in [6.07, 6.45) is 3.15. The van der Waals surface area contributed by atoms with Crippen LogP contribution in [-0.2, 0) is 9.53 Å². The molecule has 1 saturated heterocycles. The number of aliphatic hydroxyl groups excluding tert-OH is 1. The lowest BCUT2D eigenvalue weighted by Crippen LogP contribution is -2.46. The average molecular weight is 600 g/mol. The Morgan fingerprint density at radius 1 is 1.00 bits per heavy atom. The van der Waals surface area contributed by atoms with Crippen LogP contribution >= 0.6 is 0 Å². The number of rotatable bonds is 9. The van der Waals surface area contributed by atoms with Gasteiger partial charge in [-0.15, -0.1) is 0 Å². The summed E-state index contributed by atoms with van der Waals surface area (Å²) in [7, 11) is 0. The van der Waals surface area contributed by atoms with E-state index >= 15 is 0 Å². The number of hydrogen-bond acceptors (Lipinski definition) is 9. The molecule has 3 heterocycles. The number of ether oxygens (including phenoxy) is 2. The number of amides is 1. The number of aliphatic hydroxyl groups is 1. The van der Waals surface area contributed by atoms with Crippen molar-refractivity contribution in [3.63, 3.8) is 0 Å². The molecule has 3 fully saturated rings. The maximum Gasteiger partial charge on any atom is 0.296 e. The van der Waals surface area contributed by atoms with Gasteiger partial charge in [0.1, 0.15) is 11.9 Å². The van der Waals surface area contributed by atoms with Crippen molar-refractivity contribution in [2.24, 2.45) is 0 Å². The second kappa shape index (κ2) is 13.5. The van der Waals surface area contributed by atoms with Gasteiger partial charge in [0.15, 0.2) is 5.82 Å². The Morgan fingerprint density at radius 3 is 2.47 bits per heavy atom. The van der Waals surface area contributed by atoms with Crippen LogP contribution in [0.1, 0.15) is 63.6 Å². The van der Waals surface area contributed by atoms with Gasteiger partial charge in [-0.05, 0) is 63.5 Å². The van der Waals surface area contributed by atoms with Gasteiger partial charge in [0.2, 0.25) is 17.7 Å². The quantitative estimate of drug-likeness (QED) is 0.340. The molecule has 3 aliphatic rings. The number of fused-ring (bicyclic) bond motifs is 1. The van der Waals surface area contributed by atoms with E-state index in [1.807, 2.05) is 4.90 Å².